The van der Waals surface area contributed by atoms with Gasteiger partial charge in [-0.25, -0.2) is 4.57 Å². The smallest absolute Gasteiger partial charge is 0.399 e. The predicted molar refractivity (Wildman–Crippen MR) is 59.8 cm³/mol. The fourth-order valence-electron chi connectivity index (χ4n) is 1.70. The van der Waals surface area contributed by atoms with Crippen molar-refractivity contribution in [1.82, 2.24) is 0 Å². The summed E-state index contributed by atoms with van der Waals surface area (Å²) in [5.74, 6) is 0. The van der Waals surface area contributed by atoms with Crippen LogP contribution in [0.25, 0.3) is 0 Å². The quantitative estimate of drug-likeness (QED) is 0.610. The number of hydrogen-bond acceptors (Lipinski definition) is 4. The van der Waals surface area contributed by atoms with Gasteiger partial charge in [-0.2, -0.15) is 0 Å². The topological polar surface area (TPSA) is 81.8 Å². The molecule has 2 rings (SSSR count). The van der Waals surface area contributed by atoms with Crippen molar-refractivity contribution in [2.45, 2.75) is 25.6 Å². The molecule has 88 valence electrons. The van der Waals surface area contributed by atoms with E-state index in [1.807, 2.05) is 18.2 Å². The van der Waals surface area contributed by atoms with Crippen LogP contribution in [0.15, 0.2) is 24.3 Å². The van der Waals surface area contributed by atoms with Crippen molar-refractivity contribution < 1.29 is 18.5 Å². The van der Waals surface area contributed by atoms with Crippen molar-refractivity contribution in [1.29, 1.82) is 0 Å². The van der Waals surface area contributed by atoms with Crippen LogP contribution in [0.4, 0.5) is 5.69 Å². The van der Waals surface area contributed by atoms with E-state index >= 15 is 0 Å². The van der Waals surface area contributed by atoms with E-state index in [9.17, 15) is 4.57 Å². The summed E-state index contributed by atoms with van der Waals surface area (Å²) >= 11 is 0. The minimum atomic E-state index is -3.85. The lowest BCUT2D eigenvalue weighted by Gasteiger charge is -2.12. The highest BCUT2D eigenvalue weighted by Crippen LogP contribution is 2.53. The number of nitrogens with two attached hydrogens (primary N) is 1. The lowest BCUT2D eigenvalue weighted by molar-refractivity contribution is 0.170. The van der Waals surface area contributed by atoms with E-state index in [4.69, 9.17) is 19.7 Å². The number of benzene rings is 1. The Balaban J connectivity index is 2.12. The average molecular weight is 243 g/mol. The molecule has 0 amide bonds. The number of phosphoric acid groups is 1. The molecular formula is C10H14NO4P. The first-order valence-electron chi connectivity index (χ1n) is 5.01. The molecule has 1 aromatic carbocycles. The van der Waals surface area contributed by atoms with Gasteiger partial charge in [0.05, 0.1) is 6.10 Å². The molecule has 6 heteroatoms. The minimum Gasteiger partial charge on any atom is -0.399 e. The van der Waals surface area contributed by atoms with Gasteiger partial charge in [0.1, 0.15) is 6.10 Å². The summed E-state index contributed by atoms with van der Waals surface area (Å²) in [5, 5.41) is 0. The molecule has 0 aromatic heterocycles. The van der Waals surface area contributed by atoms with E-state index in [1.54, 1.807) is 13.0 Å². The van der Waals surface area contributed by atoms with Crippen LogP contribution in [0.2, 0.25) is 0 Å². The van der Waals surface area contributed by atoms with Crippen molar-refractivity contribution in [2.24, 2.45) is 0 Å². The maximum Gasteiger partial charge on any atom is 0.472 e. The van der Waals surface area contributed by atoms with Crippen LogP contribution in [-0.4, -0.2) is 17.1 Å². The zero-order valence-electron chi connectivity index (χ0n) is 8.87. The molecule has 3 atom stereocenters. The van der Waals surface area contributed by atoms with Crippen LogP contribution in [0, 0.1) is 0 Å². The Labute approximate surface area is 93.8 Å². The first kappa shape index (κ1) is 11.6. The van der Waals surface area contributed by atoms with E-state index in [2.05, 4.69) is 0 Å². The Morgan fingerprint density at radius 1 is 1.44 bits per heavy atom. The van der Waals surface area contributed by atoms with Gasteiger partial charge in [-0.05, 0) is 18.6 Å². The van der Waals surface area contributed by atoms with E-state index in [1.165, 1.54) is 0 Å². The molecule has 0 saturated carbocycles. The molecule has 3 unspecified atom stereocenters. The predicted octanol–water partition coefficient (Wildman–Crippen LogP) is 1.72. The Morgan fingerprint density at radius 3 is 2.69 bits per heavy atom. The molecule has 0 radical (unpaired) electrons. The first-order valence-corrected chi connectivity index (χ1v) is 6.50. The number of nitrogen functional groups attached to an aromatic ring is 1. The largest absolute Gasteiger partial charge is 0.472 e. The molecule has 1 aliphatic rings. The summed E-state index contributed by atoms with van der Waals surface area (Å²) < 4.78 is 21.0. The van der Waals surface area contributed by atoms with Gasteiger partial charge in [0.25, 0.3) is 0 Å². The number of anilines is 1. The first-order chi connectivity index (χ1) is 7.48. The van der Waals surface area contributed by atoms with E-state index in [-0.39, 0.29) is 0 Å². The normalized spacial score (nSPS) is 34.1. The Bertz CT molecular complexity index is 437. The van der Waals surface area contributed by atoms with Crippen molar-refractivity contribution >= 4 is 13.5 Å². The minimum absolute atomic E-state index is 0.407. The van der Waals surface area contributed by atoms with Gasteiger partial charge >= 0.3 is 7.82 Å². The molecule has 5 nitrogen and oxygen atoms in total. The van der Waals surface area contributed by atoms with E-state index in [0.717, 1.165) is 5.56 Å². The molecule has 0 aliphatic carbocycles. The monoisotopic (exact) mass is 243 g/mol. The molecule has 16 heavy (non-hydrogen) atoms. The summed E-state index contributed by atoms with van der Waals surface area (Å²) in [4.78, 5) is 9.16. The summed E-state index contributed by atoms with van der Waals surface area (Å²) in [7, 11) is -3.85. The van der Waals surface area contributed by atoms with Crippen molar-refractivity contribution in [3.63, 3.8) is 0 Å². The van der Waals surface area contributed by atoms with Gasteiger partial charge in [-0.15, -0.1) is 0 Å². The van der Waals surface area contributed by atoms with Crippen LogP contribution in [0.1, 0.15) is 12.5 Å². The maximum atomic E-state index is 11.2. The third-order valence-electron chi connectivity index (χ3n) is 2.57. The summed E-state index contributed by atoms with van der Waals surface area (Å²) in [6.07, 6.45) is -0.366. The zero-order valence-corrected chi connectivity index (χ0v) is 9.76. The van der Waals surface area contributed by atoms with Gasteiger partial charge in [-0.1, -0.05) is 18.2 Å². The maximum absolute atomic E-state index is 11.2. The summed E-state index contributed by atoms with van der Waals surface area (Å²) in [5.41, 5.74) is 7.33. The highest BCUT2D eigenvalue weighted by atomic mass is 31.2. The van der Waals surface area contributed by atoms with Crippen molar-refractivity contribution in [3.8, 4) is 0 Å². The van der Waals surface area contributed by atoms with Crippen LogP contribution in [-0.2, 0) is 20.0 Å². The average Bonchev–Trinajstić information content (AvgIpc) is 2.44. The molecule has 0 spiro atoms. The number of rotatable bonds is 2. The third kappa shape index (κ3) is 2.44. The number of para-hydroxylation sites is 1. The number of phosphoric ester groups is 1. The highest BCUT2D eigenvalue weighted by Gasteiger charge is 2.41. The second-order valence-corrected chi connectivity index (χ2v) is 5.18. The standard InChI is InChI=1S/C10H14NO4P/c1-7-10(15-16(12,13)14-7)6-8-4-2-3-5-9(8)11/h2-5,7,10H,6,11H2,1H3,(H,12,13). The van der Waals surface area contributed by atoms with Crippen molar-refractivity contribution in [2.75, 3.05) is 5.73 Å². The van der Waals surface area contributed by atoms with Crippen LogP contribution >= 0.6 is 7.82 Å². The van der Waals surface area contributed by atoms with Gasteiger partial charge in [0, 0.05) is 12.1 Å². The molecular weight excluding hydrogens is 229 g/mol. The van der Waals surface area contributed by atoms with Gasteiger partial charge in [0.15, 0.2) is 0 Å². The lowest BCUT2D eigenvalue weighted by Crippen LogP contribution is -2.22. The van der Waals surface area contributed by atoms with Crippen LogP contribution in [0.3, 0.4) is 0 Å². The van der Waals surface area contributed by atoms with Gasteiger partial charge < -0.3 is 10.6 Å². The second-order valence-electron chi connectivity index (χ2n) is 3.83. The summed E-state index contributed by atoms with van der Waals surface area (Å²) in [6, 6.07) is 7.36. The Morgan fingerprint density at radius 2 is 2.12 bits per heavy atom. The van der Waals surface area contributed by atoms with Crippen LogP contribution in [0.5, 0.6) is 0 Å². The van der Waals surface area contributed by atoms with E-state index < -0.39 is 20.0 Å². The van der Waals surface area contributed by atoms with E-state index in [0.29, 0.717) is 12.1 Å². The molecule has 1 heterocycles. The fraction of sp³-hybridized carbons (Fsp3) is 0.400. The SMILES string of the molecule is CC1OP(=O)(O)OC1Cc1ccccc1N. The highest BCUT2D eigenvalue weighted by molar-refractivity contribution is 7.47. The molecule has 0 bridgehead atoms. The molecule has 1 aromatic rings. The Hall–Kier alpha value is -0.870. The van der Waals surface area contributed by atoms with Gasteiger partial charge in [-0.3, -0.25) is 9.05 Å². The molecule has 1 aliphatic heterocycles. The Kier molecular flexibility index (Phi) is 3.04. The van der Waals surface area contributed by atoms with Crippen molar-refractivity contribution in [3.05, 3.63) is 29.8 Å². The summed E-state index contributed by atoms with van der Waals surface area (Å²) in [6.45, 7) is 1.71. The number of hydrogen-bond donors (Lipinski definition) is 2. The molecule has 1 saturated heterocycles. The molecule has 1 fully saturated rings. The second kappa shape index (κ2) is 4.18. The van der Waals surface area contributed by atoms with Gasteiger partial charge in [0.2, 0.25) is 0 Å². The zero-order chi connectivity index (χ0) is 11.8. The third-order valence-corrected chi connectivity index (χ3v) is 3.70. The fourth-order valence-corrected chi connectivity index (χ4v) is 2.89. The lowest BCUT2D eigenvalue weighted by atomic mass is 10.0. The van der Waals surface area contributed by atoms with Crippen LogP contribution < -0.4 is 5.73 Å². The molecule has 3 N–H and O–H groups in total.